The number of nitro groups is 1. The van der Waals surface area contributed by atoms with Crippen LogP contribution in [0.3, 0.4) is 0 Å². The van der Waals surface area contributed by atoms with E-state index in [9.17, 15) is 60.6 Å². The molecule has 9 N–H and O–H groups in total. The van der Waals surface area contributed by atoms with Gasteiger partial charge in [0.25, 0.3) is 15.8 Å². The van der Waals surface area contributed by atoms with Gasteiger partial charge in [0.2, 0.25) is 0 Å². The van der Waals surface area contributed by atoms with Gasteiger partial charge >= 0.3 is 0 Å². The highest BCUT2D eigenvalue weighted by Crippen LogP contribution is 2.55. The second-order valence-corrected chi connectivity index (χ2v) is 17.2. The minimum absolute atomic E-state index is 0.00998. The van der Waals surface area contributed by atoms with Gasteiger partial charge in [-0.15, -0.1) is 15.3 Å². The zero-order valence-corrected chi connectivity index (χ0v) is 34.7. The quantitative estimate of drug-likeness (QED) is 0.0161. The van der Waals surface area contributed by atoms with Gasteiger partial charge < -0.3 is 47.0 Å². The number of fused-ring (bicyclic) bond motifs is 1. The van der Waals surface area contributed by atoms with Crippen LogP contribution in [0.5, 0.6) is 23.0 Å². The maximum atomic E-state index is 11.9. The Morgan fingerprint density at radius 2 is 1.08 bits per heavy atom. The lowest BCUT2D eigenvalue weighted by Crippen LogP contribution is -2.02. The van der Waals surface area contributed by atoms with Crippen molar-refractivity contribution in [3.63, 3.8) is 0 Å². The number of azo groups is 3. The molecule has 25 heteroatoms. The minimum Gasteiger partial charge on any atom is -0.508 e. The van der Waals surface area contributed by atoms with Crippen molar-refractivity contribution >= 4 is 94.6 Å². The number of hydrogen-bond donors (Lipinski definition) is 9. The molecule has 0 aliphatic rings. The molecule has 0 saturated heterocycles. The van der Waals surface area contributed by atoms with Gasteiger partial charge in [-0.05, 0) is 83.2 Å². The van der Waals surface area contributed by atoms with E-state index < -0.39 is 68.6 Å². The van der Waals surface area contributed by atoms with E-state index in [1.165, 1.54) is 87.0 Å². The van der Waals surface area contributed by atoms with E-state index in [2.05, 4.69) is 30.7 Å². The molecule has 0 atom stereocenters. The average Bonchev–Trinajstić information content (AvgIpc) is 3.23. The monoisotopic (exact) mass is 923 g/mol. The first-order chi connectivity index (χ1) is 29.7. The molecule has 0 unspecified atom stereocenters. The van der Waals surface area contributed by atoms with E-state index in [-0.39, 0.29) is 56.2 Å². The molecular formula is C38H33N7O15S3. The summed E-state index contributed by atoms with van der Waals surface area (Å²) in [6.07, 6.45) is 2.27. The van der Waals surface area contributed by atoms with Crippen molar-refractivity contribution in [2.24, 2.45) is 30.7 Å². The fourth-order valence-corrected chi connectivity index (χ4v) is 7.83. The van der Waals surface area contributed by atoms with Gasteiger partial charge in [0.1, 0.15) is 60.9 Å². The van der Waals surface area contributed by atoms with E-state index in [4.69, 9.17) is 9.47 Å². The van der Waals surface area contributed by atoms with Gasteiger partial charge in [0.15, 0.2) is 5.75 Å². The highest BCUT2D eigenvalue weighted by Gasteiger charge is 2.26. The number of hydrogen-bond acceptors (Lipinski definition) is 20. The number of benzene rings is 6. The van der Waals surface area contributed by atoms with Crippen molar-refractivity contribution in [1.82, 2.24) is 0 Å². The number of methoxy groups -OCH3 is 2. The highest BCUT2D eigenvalue weighted by molar-refractivity contribution is 8.19. The Hall–Kier alpha value is -6.91. The number of non-ortho nitro benzene ring substituents is 1. The van der Waals surface area contributed by atoms with E-state index in [1.807, 2.05) is 0 Å². The summed E-state index contributed by atoms with van der Waals surface area (Å²) in [4.78, 5) is 8.45. The molecule has 0 aliphatic carbocycles. The first-order valence-electron chi connectivity index (χ1n) is 17.4. The lowest BCUT2D eigenvalue weighted by atomic mass is 10.1. The topological polar surface area (TPSA) is 352 Å². The van der Waals surface area contributed by atoms with Crippen molar-refractivity contribution in [3.05, 3.63) is 118 Å². The Kier molecular flexibility index (Phi) is 13.2. The van der Waals surface area contributed by atoms with Crippen molar-refractivity contribution in [3.8, 4) is 23.0 Å². The van der Waals surface area contributed by atoms with Crippen LogP contribution in [0.1, 0.15) is 11.1 Å². The highest BCUT2D eigenvalue weighted by atomic mass is 32.3. The summed E-state index contributed by atoms with van der Waals surface area (Å²) in [6, 6.07) is 20.5. The second-order valence-electron chi connectivity index (χ2n) is 12.8. The van der Waals surface area contributed by atoms with Crippen LogP contribution in [0.2, 0.25) is 0 Å². The van der Waals surface area contributed by atoms with Crippen LogP contribution in [-0.2, 0) is 10.1 Å². The summed E-state index contributed by atoms with van der Waals surface area (Å²) in [5, 5.41) is 56.9. The maximum Gasteiger partial charge on any atom is 0.295 e. The third kappa shape index (κ3) is 10.8. The minimum atomic E-state index is -4.93. The molecule has 63 heavy (non-hydrogen) atoms. The number of nitro benzene ring substituents is 1. The molecule has 0 fully saturated rings. The number of aromatic hydroxyl groups is 2. The molecule has 0 heterocycles. The third-order valence-corrected chi connectivity index (χ3v) is 11.4. The molecule has 6 aromatic rings. The molecule has 0 saturated carbocycles. The molecular weight excluding hydrogens is 891 g/mol. The molecule has 0 aliphatic heterocycles. The van der Waals surface area contributed by atoms with Gasteiger partial charge in [0, 0.05) is 29.7 Å². The van der Waals surface area contributed by atoms with Crippen LogP contribution in [0.15, 0.2) is 142 Å². The van der Waals surface area contributed by atoms with Gasteiger partial charge in [-0.1, -0.05) is 18.2 Å². The molecule has 0 bridgehead atoms. The number of phenols is 2. The fourth-order valence-electron chi connectivity index (χ4n) is 5.72. The molecule has 6 aromatic carbocycles. The van der Waals surface area contributed by atoms with Gasteiger partial charge in [-0.25, -0.2) is 0 Å². The summed E-state index contributed by atoms with van der Waals surface area (Å²) >= 11 is 0. The van der Waals surface area contributed by atoms with E-state index in [0.29, 0.717) is 17.4 Å². The van der Waals surface area contributed by atoms with Crippen LogP contribution in [0.25, 0.3) is 22.9 Å². The Morgan fingerprint density at radius 1 is 0.571 bits per heavy atom. The largest absolute Gasteiger partial charge is 0.508 e. The smallest absolute Gasteiger partial charge is 0.295 e. The summed E-state index contributed by atoms with van der Waals surface area (Å²) in [5.74, 6) is -0.493. The van der Waals surface area contributed by atoms with Gasteiger partial charge in [-0.3, -0.25) is 14.7 Å². The van der Waals surface area contributed by atoms with Gasteiger partial charge in [0.05, 0.1) is 46.0 Å². The Balaban J connectivity index is 1.31. The first-order valence-corrected chi connectivity index (χ1v) is 21.8. The number of nitrogens with zero attached hydrogens (tertiary/aromatic N) is 7. The van der Waals surface area contributed by atoms with Crippen LogP contribution in [0, 0.1) is 10.1 Å². The summed E-state index contributed by atoms with van der Waals surface area (Å²) in [5.41, 5.74) is -0.663. The number of phenolic OH excluding ortho intramolecular Hbond substituents is 2. The summed E-state index contributed by atoms with van der Waals surface area (Å²) < 4.78 is 106. The third-order valence-electron chi connectivity index (χ3n) is 8.69. The molecule has 328 valence electrons. The van der Waals surface area contributed by atoms with Crippen molar-refractivity contribution < 1.29 is 64.9 Å². The zero-order chi connectivity index (χ0) is 45.9. The zero-order valence-electron chi connectivity index (χ0n) is 32.2. The molecule has 0 amide bonds. The van der Waals surface area contributed by atoms with Gasteiger partial charge in [-0.2, -0.15) is 23.8 Å². The average molecular weight is 924 g/mol. The summed E-state index contributed by atoms with van der Waals surface area (Å²) in [7, 11) is -11.3. The fraction of sp³-hybridized carbons (Fsp3) is 0.0526. The lowest BCUT2D eigenvalue weighted by Gasteiger charge is -2.22. The predicted octanol–water partition coefficient (Wildman–Crippen LogP) is 12.0. The number of rotatable bonds is 14. The normalized spacial score (nSPS) is 13.2. The molecule has 0 spiro atoms. The molecule has 6 rings (SSSR count). The summed E-state index contributed by atoms with van der Waals surface area (Å²) in [6.45, 7) is 0. The SMILES string of the molecule is COc1cc(N=Nc2c(S(O)(O)O)cc3cc(N=Nc4ccc(O)cc4)ccc3c2O)c(OC)cc1N=Nc1ccc(C=Cc2ccc([N+](=O)[O-])cc2S(=O)(=O)O)c(S(O)(O)O)c1. The van der Waals surface area contributed by atoms with Crippen LogP contribution < -0.4 is 9.47 Å². The lowest BCUT2D eigenvalue weighted by molar-refractivity contribution is -0.385. The van der Waals surface area contributed by atoms with Crippen LogP contribution in [-0.4, -0.2) is 69.6 Å². The standard InChI is InChI=1S/C38H33N7O15S3/c1-59-32-20-31(43-44-37-36(63(56,57)58)16-23-15-25(10-14-29(23)38(37)47)40-39-24-8-12-28(46)13-9-24)33(60-2)19-30(32)42-41-26-7-5-21(34(17-26)61(50,51)52)3-4-22-6-11-27(45(48)49)18-35(22)62(53,54)55/h3-20,46-47,50-52,56-58H,1-2H3,(H,53,54,55). The molecule has 22 nitrogen and oxygen atoms in total. The van der Waals surface area contributed by atoms with E-state index >= 15 is 0 Å². The van der Waals surface area contributed by atoms with E-state index in [1.54, 1.807) is 0 Å². The van der Waals surface area contributed by atoms with Crippen LogP contribution >= 0.6 is 21.7 Å². The van der Waals surface area contributed by atoms with Crippen molar-refractivity contribution in [2.45, 2.75) is 14.7 Å². The number of ether oxygens (including phenoxy) is 2. The van der Waals surface area contributed by atoms with Crippen molar-refractivity contribution in [2.75, 3.05) is 14.2 Å². The molecule has 0 radical (unpaired) electrons. The Labute approximate surface area is 359 Å². The Bertz CT molecular complexity index is 2990. The predicted molar refractivity (Wildman–Crippen MR) is 232 cm³/mol. The first kappa shape index (κ1) is 45.6. The van der Waals surface area contributed by atoms with Crippen molar-refractivity contribution in [1.29, 1.82) is 0 Å². The van der Waals surface area contributed by atoms with E-state index in [0.717, 1.165) is 30.4 Å². The molecule has 0 aromatic heterocycles. The Morgan fingerprint density at radius 3 is 1.65 bits per heavy atom. The second kappa shape index (κ2) is 18.2. The van der Waals surface area contributed by atoms with Crippen LogP contribution in [0.4, 0.5) is 39.8 Å². The maximum absolute atomic E-state index is 11.9.